The van der Waals surface area contributed by atoms with Crippen LogP contribution in [-0.4, -0.2) is 63.2 Å². The number of amides is 2. The molecule has 1 aliphatic heterocycles. The highest BCUT2D eigenvalue weighted by Gasteiger charge is 2.31. The molecular formula is C24H31N3O6S. The molecule has 2 aromatic rings. The van der Waals surface area contributed by atoms with E-state index in [-0.39, 0.29) is 18.2 Å². The lowest BCUT2D eigenvalue weighted by atomic mass is 10.1. The molecule has 1 heterocycles. The van der Waals surface area contributed by atoms with Crippen molar-refractivity contribution in [2.45, 2.75) is 33.4 Å². The standard InChI is InChI=1S/C24H31N3O6S/c1-4-25-24(29)18(3)26(16-19-9-7-6-8-10-19)23(28)17-27(34(30,31)5-2)20-11-12-21-22(15-20)33-14-13-32-21/h6-12,15,18H,4-5,13-14,16-17H2,1-3H3,(H,25,29). The van der Waals surface area contributed by atoms with Crippen molar-refractivity contribution in [1.82, 2.24) is 10.2 Å². The number of hydrogen-bond donors (Lipinski definition) is 1. The summed E-state index contributed by atoms with van der Waals surface area (Å²) in [5.41, 5.74) is 1.13. The first kappa shape index (κ1) is 25.4. The number of nitrogens with one attached hydrogen (secondary N) is 1. The minimum atomic E-state index is -3.81. The number of ether oxygens (including phenoxy) is 2. The monoisotopic (exact) mass is 489 g/mol. The van der Waals surface area contributed by atoms with Crippen molar-refractivity contribution in [3.63, 3.8) is 0 Å². The Morgan fingerprint density at radius 3 is 2.35 bits per heavy atom. The number of fused-ring (bicyclic) bond motifs is 1. The molecule has 10 heteroatoms. The first-order valence-electron chi connectivity index (χ1n) is 11.3. The summed E-state index contributed by atoms with van der Waals surface area (Å²) in [7, 11) is -3.81. The minimum absolute atomic E-state index is 0.166. The van der Waals surface area contributed by atoms with E-state index < -0.39 is 28.5 Å². The maximum atomic E-state index is 13.5. The van der Waals surface area contributed by atoms with Crippen LogP contribution in [0.2, 0.25) is 0 Å². The first-order valence-corrected chi connectivity index (χ1v) is 12.9. The largest absolute Gasteiger partial charge is 0.486 e. The zero-order chi connectivity index (χ0) is 24.7. The Morgan fingerprint density at radius 2 is 1.71 bits per heavy atom. The van der Waals surface area contributed by atoms with Gasteiger partial charge in [-0.05, 0) is 38.5 Å². The van der Waals surface area contributed by atoms with Crippen molar-refractivity contribution in [3.05, 3.63) is 54.1 Å². The molecule has 0 fully saturated rings. The van der Waals surface area contributed by atoms with Gasteiger partial charge in [-0.15, -0.1) is 0 Å². The van der Waals surface area contributed by atoms with Crippen molar-refractivity contribution < 1.29 is 27.5 Å². The van der Waals surface area contributed by atoms with Crippen LogP contribution in [-0.2, 0) is 26.2 Å². The highest BCUT2D eigenvalue weighted by atomic mass is 32.2. The Kier molecular flexibility index (Phi) is 8.38. The van der Waals surface area contributed by atoms with Gasteiger partial charge in [0.15, 0.2) is 11.5 Å². The Bertz CT molecular complexity index is 1110. The van der Waals surface area contributed by atoms with Crippen LogP contribution in [0.4, 0.5) is 5.69 Å². The molecule has 0 spiro atoms. The molecule has 1 aliphatic rings. The van der Waals surface area contributed by atoms with Crippen molar-refractivity contribution in [1.29, 1.82) is 0 Å². The molecular weight excluding hydrogens is 458 g/mol. The average Bonchev–Trinajstić information content (AvgIpc) is 2.85. The highest BCUT2D eigenvalue weighted by molar-refractivity contribution is 7.92. The van der Waals surface area contributed by atoms with Gasteiger partial charge in [0, 0.05) is 19.2 Å². The van der Waals surface area contributed by atoms with Crippen molar-refractivity contribution in [2.24, 2.45) is 0 Å². The molecule has 2 aromatic carbocycles. The van der Waals surface area contributed by atoms with E-state index in [0.717, 1.165) is 9.87 Å². The number of anilines is 1. The fourth-order valence-electron chi connectivity index (χ4n) is 3.59. The van der Waals surface area contributed by atoms with Crippen LogP contribution in [0.25, 0.3) is 0 Å². The molecule has 0 aliphatic carbocycles. The summed E-state index contributed by atoms with van der Waals surface area (Å²) in [6.45, 7) is 5.85. The van der Waals surface area contributed by atoms with Crippen LogP contribution in [0, 0.1) is 0 Å². The van der Waals surface area contributed by atoms with E-state index in [9.17, 15) is 18.0 Å². The second-order valence-electron chi connectivity index (χ2n) is 7.81. The fraction of sp³-hybridized carbons (Fsp3) is 0.417. The predicted octanol–water partition coefficient (Wildman–Crippen LogP) is 2.17. The van der Waals surface area contributed by atoms with Gasteiger partial charge in [0.2, 0.25) is 21.8 Å². The molecule has 0 bridgehead atoms. The predicted molar refractivity (Wildman–Crippen MR) is 129 cm³/mol. The fourth-order valence-corrected chi connectivity index (χ4v) is 4.65. The van der Waals surface area contributed by atoms with Crippen molar-refractivity contribution >= 4 is 27.5 Å². The number of hydrogen-bond acceptors (Lipinski definition) is 6. The van der Waals surface area contributed by atoms with E-state index in [1.54, 1.807) is 32.0 Å². The Hall–Kier alpha value is -3.27. The normalized spacial score (nSPS) is 13.6. The maximum Gasteiger partial charge on any atom is 0.244 e. The van der Waals surface area contributed by atoms with Gasteiger partial charge in [-0.25, -0.2) is 8.42 Å². The first-order chi connectivity index (χ1) is 16.3. The SMILES string of the molecule is CCNC(=O)C(C)N(Cc1ccccc1)C(=O)CN(c1ccc2c(c1)OCCO2)S(=O)(=O)CC. The second-order valence-corrected chi connectivity index (χ2v) is 9.99. The van der Waals surface area contributed by atoms with Crippen molar-refractivity contribution in [3.8, 4) is 11.5 Å². The smallest absolute Gasteiger partial charge is 0.244 e. The third-order valence-corrected chi connectivity index (χ3v) is 7.25. The molecule has 0 saturated carbocycles. The lowest BCUT2D eigenvalue weighted by molar-refractivity contribution is -0.139. The van der Waals surface area contributed by atoms with E-state index in [4.69, 9.17) is 9.47 Å². The third kappa shape index (κ3) is 5.99. The van der Waals surface area contributed by atoms with E-state index in [0.29, 0.717) is 36.9 Å². The number of carbonyl (C=O) groups excluding carboxylic acids is 2. The summed E-state index contributed by atoms with van der Waals surface area (Å²) >= 11 is 0. The molecule has 1 unspecified atom stereocenters. The van der Waals surface area contributed by atoms with E-state index in [1.165, 1.54) is 11.8 Å². The van der Waals surface area contributed by atoms with Crippen LogP contribution in [0.5, 0.6) is 11.5 Å². The van der Waals surface area contributed by atoms with E-state index in [1.807, 2.05) is 30.3 Å². The van der Waals surface area contributed by atoms with Gasteiger partial charge in [-0.2, -0.15) is 0 Å². The average molecular weight is 490 g/mol. The van der Waals surface area contributed by atoms with Crippen LogP contribution in [0.3, 0.4) is 0 Å². The molecule has 34 heavy (non-hydrogen) atoms. The van der Waals surface area contributed by atoms with E-state index >= 15 is 0 Å². The Balaban J connectivity index is 1.93. The third-order valence-electron chi connectivity index (χ3n) is 5.51. The quantitative estimate of drug-likeness (QED) is 0.548. The molecule has 0 saturated heterocycles. The molecule has 1 atom stereocenters. The summed E-state index contributed by atoms with van der Waals surface area (Å²) in [6, 6.07) is 13.2. The molecule has 0 aromatic heterocycles. The number of benzene rings is 2. The van der Waals surface area contributed by atoms with Gasteiger partial charge in [-0.1, -0.05) is 30.3 Å². The summed E-state index contributed by atoms with van der Waals surface area (Å²) in [6.07, 6.45) is 0. The lowest BCUT2D eigenvalue weighted by Gasteiger charge is -2.32. The number of nitrogens with zero attached hydrogens (tertiary/aromatic N) is 2. The molecule has 0 radical (unpaired) electrons. The van der Waals surface area contributed by atoms with Gasteiger partial charge in [0.05, 0.1) is 11.4 Å². The van der Waals surface area contributed by atoms with Crippen LogP contribution in [0.15, 0.2) is 48.5 Å². The zero-order valence-corrected chi connectivity index (χ0v) is 20.5. The molecule has 2 amide bonds. The van der Waals surface area contributed by atoms with Crippen molar-refractivity contribution in [2.75, 3.05) is 36.4 Å². The number of sulfonamides is 1. The summed E-state index contributed by atoms with van der Waals surface area (Å²) < 4.78 is 38.2. The van der Waals surface area contributed by atoms with E-state index in [2.05, 4.69) is 5.32 Å². The minimum Gasteiger partial charge on any atom is -0.486 e. The topological polar surface area (TPSA) is 105 Å². The highest BCUT2D eigenvalue weighted by Crippen LogP contribution is 2.35. The van der Waals surface area contributed by atoms with Crippen LogP contribution >= 0.6 is 0 Å². The number of likely N-dealkylation sites (N-methyl/N-ethyl adjacent to an activating group) is 1. The molecule has 1 N–H and O–H groups in total. The summed E-state index contributed by atoms with van der Waals surface area (Å²) in [5, 5.41) is 2.73. The van der Waals surface area contributed by atoms with Gasteiger partial charge < -0.3 is 19.7 Å². The van der Waals surface area contributed by atoms with Gasteiger partial charge in [-0.3, -0.25) is 13.9 Å². The zero-order valence-electron chi connectivity index (χ0n) is 19.7. The summed E-state index contributed by atoms with van der Waals surface area (Å²) in [4.78, 5) is 27.5. The van der Waals surface area contributed by atoms with Gasteiger partial charge in [0.25, 0.3) is 0 Å². The lowest BCUT2D eigenvalue weighted by Crippen LogP contribution is -2.51. The summed E-state index contributed by atoms with van der Waals surface area (Å²) in [5.74, 6) is -0.0557. The Labute approximate surface area is 200 Å². The second kappa shape index (κ2) is 11.2. The number of carbonyl (C=O) groups is 2. The molecule has 184 valence electrons. The Morgan fingerprint density at radius 1 is 1.03 bits per heavy atom. The number of rotatable bonds is 10. The van der Waals surface area contributed by atoms with Gasteiger partial charge >= 0.3 is 0 Å². The maximum absolute atomic E-state index is 13.5. The molecule has 3 rings (SSSR count). The molecule has 9 nitrogen and oxygen atoms in total. The van der Waals surface area contributed by atoms with Crippen LogP contribution in [0.1, 0.15) is 26.3 Å². The van der Waals surface area contributed by atoms with Crippen LogP contribution < -0.4 is 19.1 Å². The van der Waals surface area contributed by atoms with Gasteiger partial charge in [0.1, 0.15) is 25.8 Å².